The first-order chi connectivity index (χ1) is 11.7. The Morgan fingerprint density at radius 1 is 1.17 bits per heavy atom. The van der Waals surface area contributed by atoms with Crippen LogP contribution >= 0.6 is 11.3 Å². The zero-order valence-corrected chi connectivity index (χ0v) is 13.7. The lowest BCUT2D eigenvalue weighted by Crippen LogP contribution is -2.23. The first-order valence-electron chi connectivity index (χ1n) is 7.55. The number of nitrogens with one attached hydrogen (secondary N) is 1. The van der Waals surface area contributed by atoms with Crippen molar-refractivity contribution in [3.63, 3.8) is 0 Å². The number of hydrogen-bond acceptors (Lipinski definition) is 5. The lowest BCUT2D eigenvalue weighted by atomic mass is 10.1. The van der Waals surface area contributed by atoms with Crippen LogP contribution in [0.4, 0.5) is 5.13 Å². The Morgan fingerprint density at radius 3 is 2.75 bits per heavy atom. The maximum Gasteiger partial charge on any atom is 0.266 e. The van der Waals surface area contributed by atoms with Gasteiger partial charge in [-0.3, -0.25) is 9.59 Å². The van der Waals surface area contributed by atoms with E-state index in [9.17, 15) is 9.59 Å². The zero-order valence-electron chi connectivity index (χ0n) is 12.9. The Morgan fingerprint density at radius 2 is 2.00 bits per heavy atom. The maximum atomic E-state index is 11.9. The van der Waals surface area contributed by atoms with Crippen molar-refractivity contribution in [1.29, 1.82) is 0 Å². The fraction of sp³-hybridized carbons (Fsp3) is 0.176. The van der Waals surface area contributed by atoms with E-state index in [1.165, 1.54) is 22.1 Å². The molecule has 0 aliphatic heterocycles. The highest BCUT2D eigenvalue weighted by Crippen LogP contribution is 2.14. The smallest absolute Gasteiger partial charge is 0.266 e. The molecule has 0 aliphatic rings. The molecule has 0 radical (unpaired) electrons. The normalized spacial score (nSPS) is 10.5. The maximum absolute atomic E-state index is 11.9. The topological polar surface area (TPSA) is 76.9 Å². The van der Waals surface area contributed by atoms with E-state index in [2.05, 4.69) is 15.4 Å². The predicted molar refractivity (Wildman–Crippen MR) is 93.9 cm³/mol. The fourth-order valence-corrected chi connectivity index (χ4v) is 2.77. The molecule has 1 aromatic carbocycles. The van der Waals surface area contributed by atoms with Crippen molar-refractivity contribution in [2.45, 2.75) is 19.4 Å². The standard InChI is InChI=1S/C17H16N4O2S/c22-15(19-17-18-10-12-24-17)7-4-11-21-16(23)9-8-14(20-21)13-5-2-1-3-6-13/h1-3,5-6,8-10,12H,4,7,11H2,(H,18,19,22). The number of amides is 1. The van der Waals surface area contributed by atoms with E-state index >= 15 is 0 Å². The average Bonchev–Trinajstić information content (AvgIpc) is 3.10. The number of carbonyl (C=O) groups is 1. The molecule has 122 valence electrons. The van der Waals surface area contributed by atoms with Crippen molar-refractivity contribution < 1.29 is 4.79 Å². The van der Waals surface area contributed by atoms with E-state index in [1.54, 1.807) is 17.6 Å². The first kappa shape index (κ1) is 16.1. The first-order valence-corrected chi connectivity index (χ1v) is 8.43. The molecule has 3 aromatic rings. The van der Waals surface area contributed by atoms with Gasteiger partial charge in [-0.2, -0.15) is 5.10 Å². The Hall–Kier alpha value is -2.80. The molecule has 6 nitrogen and oxygen atoms in total. The quantitative estimate of drug-likeness (QED) is 0.748. The van der Waals surface area contributed by atoms with Crippen molar-refractivity contribution in [3.05, 3.63) is 64.4 Å². The molecule has 1 N–H and O–H groups in total. The van der Waals surface area contributed by atoms with Crippen LogP contribution in [0.25, 0.3) is 11.3 Å². The summed E-state index contributed by atoms with van der Waals surface area (Å²) in [5.41, 5.74) is 1.52. The molecule has 1 amide bonds. The third kappa shape index (κ3) is 4.14. The summed E-state index contributed by atoms with van der Waals surface area (Å²) < 4.78 is 1.40. The Kier molecular flexibility index (Phi) is 5.12. The Balaban J connectivity index is 1.61. The van der Waals surface area contributed by atoms with Gasteiger partial charge in [0.25, 0.3) is 5.56 Å². The molecule has 0 unspecified atom stereocenters. The molecular weight excluding hydrogens is 324 g/mol. The highest BCUT2D eigenvalue weighted by Gasteiger charge is 2.06. The second-order valence-electron chi connectivity index (χ2n) is 5.13. The lowest BCUT2D eigenvalue weighted by molar-refractivity contribution is -0.116. The number of aromatic nitrogens is 3. The summed E-state index contributed by atoms with van der Waals surface area (Å²) in [4.78, 5) is 27.7. The molecule has 0 atom stereocenters. The minimum absolute atomic E-state index is 0.114. The van der Waals surface area contributed by atoms with Gasteiger partial charge in [0.15, 0.2) is 5.13 Å². The van der Waals surface area contributed by atoms with E-state index in [-0.39, 0.29) is 11.5 Å². The summed E-state index contributed by atoms with van der Waals surface area (Å²) >= 11 is 1.37. The third-order valence-corrected chi connectivity index (χ3v) is 4.08. The number of carbonyl (C=O) groups excluding carboxylic acids is 1. The molecule has 2 aromatic heterocycles. The van der Waals surface area contributed by atoms with Gasteiger partial charge in [-0.05, 0) is 12.5 Å². The minimum Gasteiger partial charge on any atom is -0.302 e. The predicted octanol–water partition coefficient (Wildman–Crippen LogP) is 2.79. The molecule has 7 heteroatoms. The van der Waals surface area contributed by atoms with Gasteiger partial charge in [-0.15, -0.1) is 11.3 Å². The van der Waals surface area contributed by atoms with Crippen LogP contribution in [0.2, 0.25) is 0 Å². The van der Waals surface area contributed by atoms with Gasteiger partial charge in [-0.25, -0.2) is 9.67 Å². The van der Waals surface area contributed by atoms with E-state index < -0.39 is 0 Å². The summed E-state index contributed by atoms with van der Waals surface area (Å²) in [5, 5.41) is 9.48. The van der Waals surface area contributed by atoms with Gasteiger partial charge in [0, 0.05) is 36.2 Å². The van der Waals surface area contributed by atoms with Gasteiger partial charge in [-0.1, -0.05) is 30.3 Å². The van der Waals surface area contributed by atoms with Crippen molar-refractivity contribution in [2.24, 2.45) is 0 Å². The van der Waals surface area contributed by atoms with Crippen LogP contribution in [0.1, 0.15) is 12.8 Å². The van der Waals surface area contributed by atoms with Crippen LogP contribution in [-0.2, 0) is 11.3 Å². The zero-order chi connectivity index (χ0) is 16.8. The highest BCUT2D eigenvalue weighted by atomic mass is 32.1. The summed E-state index contributed by atoms with van der Waals surface area (Å²) in [7, 11) is 0. The van der Waals surface area contributed by atoms with Crippen molar-refractivity contribution in [3.8, 4) is 11.3 Å². The Labute approximate surface area is 142 Å². The second kappa shape index (κ2) is 7.65. The van der Waals surface area contributed by atoms with Crippen LogP contribution in [0.5, 0.6) is 0 Å². The van der Waals surface area contributed by atoms with Crippen molar-refractivity contribution >= 4 is 22.4 Å². The van der Waals surface area contributed by atoms with E-state index in [0.717, 1.165) is 11.3 Å². The number of hydrogen-bond donors (Lipinski definition) is 1. The molecule has 0 aliphatic carbocycles. The summed E-state index contributed by atoms with van der Waals surface area (Å²) in [6.45, 7) is 0.394. The van der Waals surface area contributed by atoms with Crippen LogP contribution < -0.4 is 10.9 Å². The number of benzene rings is 1. The third-order valence-electron chi connectivity index (χ3n) is 3.39. The molecular formula is C17H16N4O2S. The highest BCUT2D eigenvalue weighted by molar-refractivity contribution is 7.13. The van der Waals surface area contributed by atoms with E-state index in [0.29, 0.717) is 24.5 Å². The van der Waals surface area contributed by atoms with Gasteiger partial charge in [0.1, 0.15) is 0 Å². The number of anilines is 1. The molecule has 0 fully saturated rings. The van der Waals surface area contributed by atoms with E-state index in [4.69, 9.17) is 0 Å². The number of nitrogens with zero attached hydrogens (tertiary/aromatic N) is 3. The van der Waals surface area contributed by atoms with Gasteiger partial charge < -0.3 is 5.32 Å². The summed E-state index contributed by atoms with van der Waals surface area (Å²) in [6.07, 6.45) is 2.48. The largest absolute Gasteiger partial charge is 0.302 e. The Bertz CT molecular complexity index is 860. The minimum atomic E-state index is -0.171. The number of thiazole rings is 1. The van der Waals surface area contributed by atoms with Crippen LogP contribution in [0.15, 0.2) is 58.8 Å². The molecule has 2 heterocycles. The number of rotatable bonds is 6. The van der Waals surface area contributed by atoms with Crippen molar-refractivity contribution in [1.82, 2.24) is 14.8 Å². The van der Waals surface area contributed by atoms with Gasteiger partial charge in [0.2, 0.25) is 5.91 Å². The number of aryl methyl sites for hydroxylation is 1. The lowest BCUT2D eigenvalue weighted by Gasteiger charge is -2.07. The molecule has 3 rings (SSSR count). The molecule has 24 heavy (non-hydrogen) atoms. The molecule has 0 saturated heterocycles. The van der Waals surface area contributed by atoms with Gasteiger partial charge >= 0.3 is 0 Å². The van der Waals surface area contributed by atoms with Gasteiger partial charge in [0.05, 0.1) is 5.69 Å². The average molecular weight is 340 g/mol. The second-order valence-corrected chi connectivity index (χ2v) is 6.03. The molecule has 0 saturated carbocycles. The molecule has 0 bridgehead atoms. The van der Waals surface area contributed by atoms with Crippen LogP contribution in [0.3, 0.4) is 0 Å². The SMILES string of the molecule is O=C(CCCn1nc(-c2ccccc2)ccc1=O)Nc1nccs1. The monoisotopic (exact) mass is 340 g/mol. The van der Waals surface area contributed by atoms with Crippen molar-refractivity contribution in [2.75, 3.05) is 5.32 Å². The fourth-order valence-electron chi connectivity index (χ4n) is 2.23. The van der Waals surface area contributed by atoms with Crippen LogP contribution in [0, 0.1) is 0 Å². The van der Waals surface area contributed by atoms with E-state index in [1.807, 2.05) is 30.3 Å². The molecule has 0 spiro atoms. The van der Waals surface area contributed by atoms with Crippen LogP contribution in [-0.4, -0.2) is 20.7 Å². The summed E-state index contributed by atoms with van der Waals surface area (Å²) in [6, 6.07) is 12.9. The summed E-state index contributed by atoms with van der Waals surface area (Å²) in [5.74, 6) is -0.114.